The van der Waals surface area contributed by atoms with Gasteiger partial charge in [0.2, 0.25) is 5.91 Å². The Kier molecular flexibility index (Phi) is 5.30. The molecule has 1 aromatic carbocycles. The minimum absolute atomic E-state index is 0.00305. The Hall–Kier alpha value is -1.68. The predicted molar refractivity (Wildman–Crippen MR) is 77.9 cm³/mol. The first-order valence-electron chi connectivity index (χ1n) is 7.17. The number of rotatable bonds is 5. The van der Waals surface area contributed by atoms with Gasteiger partial charge in [0.25, 0.3) is 0 Å². The molecule has 1 amide bonds. The molecule has 4 heteroatoms. The number of benzene rings is 1. The summed E-state index contributed by atoms with van der Waals surface area (Å²) < 4.78 is 5.60. The van der Waals surface area contributed by atoms with Crippen molar-refractivity contribution in [2.45, 2.75) is 45.1 Å². The Labute approximate surface area is 119 Å². The lowest BCUT2D eigenvalue weighted by Crippen LogP contribution is -2.21. The van der Waals surface area contributed by atoms with Crippen molar-refractivity contribution in [3.63, 3.8) is 0 Å². The molecular formula is C16H21NO3. The molecule has 1 N–H and O–H groups in total. The fourth-order valence-electron chi connectivity index (χ4n) is 2.37. The van der Waals surface area contributed by atoms with E-state index in [-0.39, 0.29) is 17.8 Å². The van der Waals surface area contributed by atoms with Gasteiger partial charge >= 0.3 is 0 Å². The number of hydrogen-bond acceptors (Lipinski definition) is 3. The van der Waals surface area contributed by atoms with E-state index < -0.39 is 0 Å². The topological polar surface area (TPSA) is 55.4 Å². The second-order valence-corrected chi connectivity index (χ2v) is 5.21. The van der Waals surface area contributed by atoms with E-state index in [1.807, 2.05) is 0 Å². The first kappa shape index (κ1) is 14.7. The zero-order chi connectivity index (χ0) is 14.4. The minimum Gasteiger partial charge on any atom is -0.378 e. The van der Waals surface area contributed by atoms with Crippen LogP contribution < -0.4 is 5.32 Å². The van der Waals surface area contributed by atoms with E-state index in [1.165, 1.54) is 13.3 Å². The number of hydrogen-bond donors (Lipinski definition) is 1. The van der Waals surface area contributed by atoms with E-state index in [0.717, 1.165) is 25.9 Å². The molecule has 0 bridgehead atoms. The molecule has 0 spiro atoms. The summed E-state index contributed by atoms with van der Waals surface area (Å²) in [4.78, 5) is 23.2. The molecule has 1 saturated heterocycles. The highest BCUT2D eigenvalue weighted by Gasteiger charge is 2.15. The SMILES string of the molecule is CC(=O)c1cccc(NC(=O)CCC2CCCCO2)c1. The van der Waals surface area contributed by atoms with Crippen molar-refractivity contribution in [2.24, 2.45) is 0 Å². The van der Waals surface area contributed by atoms with Crippen LogP contribution in [-0.4, -0.2) is 24.4 Å². The van der Waals surface area contributed by atoms with Crippen LogP contribution in [0.15, 0.2) is 24.3 Å². The lowest BCUT2D eigenvalue weighted by Gasteiger charge is -2.22. The zero-order valence-corrected chi connectivity index (χ0v) is 11.9. The second-order valence-electron chi connectivity index (χ2n) is 5.21. The minimum atomic E-state index is -0.0279. The van der Waals surface area contributed by atoms with Gasteiger partial charge in [0, 0.05) is 24.3 Å². The Morgan fingerprint density at radius 1 is 1.35 bits per heavy atom. The Morgan fingerprint density at radius 3 is 2.90 bits per heavy atom. The van der Waals surface area contributed by atoms with Gasteiger partial charge in [-0.05, 0) is 44.7 Å². The number of carbonyl (C=O) groups is 2. The van der Waals surface area contributed by atoms with Crippen LogP contribution in [0.4, 0.5) is 5.69 Å². The van der Waals surface area contributed by atoms with Gasteiger partial charge in [0.05, 0.1) is 6.10 Å². The van der Waals surface area contributed by atoms with Gasteiger partial charge in [-0.2, -0.15) is 0 Å². The molecule has 1 unspecified atom stereocenters. The molecule has 108 valence electrons. The molecule has 1 fully saturated rings. The summed E-state index contributed by atoms with van der Waals surface area (Å²) in [6.45, 7) is 2.33. The molecule has 1 heterocycles. The number of ether oxygens (including phenoxy) is 1. The summed E-state index contributed by atoms with van der Waals surface area (Å²) in [6.07, 6.45) is 4.80. The van der Waals surface area contributed by atoms with Crippen LogP contribution in [-0.2, 0) is 9.53 Å². The summed E-state index contributed by atoms with van der Waals surface area (Å²) in [7, 11) is 0. The van der Waals surface area contributed by atoms with E-state index in [9.17, 15) is 9.59 Å². The van der Waals surface area contributed by atoms with Crippen LogP contribution in [0.3, 0.4) is 0 Å². The average Bonchev–Trinajstić information content (AvgIpc) is 2.46. The van der Waals surface area contributed by atoms with Crippen LogP contribution >= 0.6 is 0 Å². The standard InChI is InChI=1S/C16H21NO3/c1-12(18)13-5-4-6-14(11-13)17-16(19)9-8-15-7-2-3-10-20-15/h4-6,11,15H,2-3,7-10H2,1H3,(H,17,19). The number of Topliss-reactive ketones (excluding diaryl/α,β-unsaturated/α-hetero) is 1. The number of nitrogens with one attached hydrogen (secondary N) is 1. The van der Waals surface area contributed by atoms with Gasteiger partial charge in [0.15, 0.2) is 5.78 Å². The van der Waals surface area contributed by atoms with Crippen LogP contribution in [0, 0.1) is 0 Å². The quantitative estimate of drug-likeness (QED) is 0.840. The third-order valence-electron chi connectivity index (χ3n) is 3.52. The molecule has 0 saturated carbocycles. The average molecular weight is 275 g/mol. The first-order chi connectivity index (χ1) is 9.65. The molecule has 1 aromatic rings. The highest BCUT2D eigenvalue weighted by atomic mass is 16.5. The van der Waals surface area contributed by atoms with Crippen molar-refractivity contribution in [1.29, 1.82) is 0 Å². The van der Waals surface area contributed by atoms with Gasteiger partial charge in [-0.25, -0.2) is 0 Å². The molecule has 2 rings (SSSR count). The normalized spacial score (nSPS) is 18.6. The molecule has 1 aliphatic heterocycles. The Balaban J connectivity index is 1.81. The van der Waals surface area contributed by atoms with Crippen molar-refractivity contribution in [2.75, 3.05) is 11.9 Å². The summed E-state index contributed by atoms with van der Waals surface area (Å²) in [5, 5.41) is 2.83. The highest BCUT2D eigenvalue weighted by molar-refractivity contribution is 5.97. The van der Waals surface area contributed by atoms with Crippen LogP contribution in [0.5, 0.6) is 0 Å². The molecule has 1 aliphatic rings. The van der Waals surface area contributed by atoms with E-state index in [4.69, 9.17) is 4.74 Å². The zero-order valence-electron chi connectivity index (χ0n) is 11.9. The van der Waals surface area contributed by atoms with Crippen LogP contribution in [0.25, 0.3) is 0 Å². The van der Waals surface area contributed by atoms with Crippen LogP contribution in [0.2, 0.25) is 0 Å². The molecule has 4 nitrogen and oxygen atoms in total. The summed E-state index contributed by atoms with van der Waals surface area (Å²) >= 11 is 0. The van der Waals surface area contributed by atoms with Gasteiger partial charge in [-0.15, -0.1) is 0 Å². The number of amides is 1. The third-order valence-corrected chi connectivity index (χ3v) is 3.52. The first-order valence-corrected chi connectivity index (χ1v) is 7.17. The fourth-order valence-corrected chi connectivity index (χ4v) is 2.37. The third kappa shape index (κ3) is 4.46. The molecule has 1 atom stereocenters. The van der Waals surface area contributed by atoms with Crippen molar-refractivity contribution in [3.05, 3.63) is 29.8 Å². The lowest BCUT2D eigenvalue weighted by molar-refractivity contribution is -0.117. The van der Waals surface area contributed by atoms with Crippen molar-refractivity contribution in [3.8, 4) is 0 Å². The van der Waals surface area contributed by atoms with E-state index >= 15 is 0 Å². The Morgan fingerprint density at radius 2 is 2.20 bits per heavy atom. The lowest BCUT2D eigenvalue weighted by atomic mass is 10.0. The molecular weight excluding hydrogens is 254 g/mol. The summed E-state index contributed by atoms with van der Waals surface area (Å²) in [5.41, 5.74) is 1.28. The van der Waals surface area contributed by atoms with Crippen molar-refractivity contribution in [1.82, 2.24) is 0 Å². The predicted octanol–water partition coefficient (Wildman–Crippen LogP) is 3.18. The maximum atomic E-state index is 11.9. The molecule has 0 aromatic heterocycles. The second kappa shape index (κ2) is 7.20. The molecule has 20 heavy (non-hydrogen) atoms. The summed E-state index contributed by atoms with van der Waals surface area (Å²) in [5.74, 6) is -0.0309. The number of ketones is 1. The molecule has 0 aliphatic carbocycles. The maximum Gasteiger partial charge on any atom is 0.224 e. The largest absolute Gasteiger partial charge is 0.378 e. The summed E-state index contributed by atoms with van der Waals surface area (Å²) in [6, 6.07) is 7.02. The highest BCUT2D eigenvalue weighted by Crippen LogP contribution is 2.18. The number of anilines is 1. The number of carbonyl (C=O) groups excluding carboxylic acids is 2. The van der Waals surface area contributed by atoms with E-state index in [0.29, 0.717) is 17.7 Å². The van der Waals surface area contributed by atoms with E-state index in [1.54, 1.807) is 24.3 Å². The van der Waals surface area contributed by atoms with Gasteiger partial charge in [-0.1, -0.05) is 12.1 Å². The van der Waals surface area contributed by atoms with Gasteiger partial charge in [-0.3, -0.25) is 9.59 Å². The van der Waals surface area contributed by atoms with Crippen LogP contribution in [0.1, 0.15) is 49.4 Å². The monoisotopic (exact) mass is 275 g/mol. The fraction of sp³-hybridized carbons (Fsp3) is 0.500. The van der Waals surface area contributed by atoms with Crippen molar-refractivity contribution < 1.29 is 14.3 Å². The van der Waals surface area contributed by atoms with Crippen molar-refractivity contribution >= 4 is 17.4 Å². The smallest absolute Gasteiger partial charge is 0.224 e. The van der Waals surface area contributed by atoms with E-state index in [2.05, 4.69) is 5.32 Å². The van der Waals surface area contributed by atoms with Gasteiger partial charge < -0.3 is 10.1 Å². The maximum absolute atomic E-state index is 11.9. The Bertz CT molecular complexity index is 478. The molecule has 0 radical (unpaired) electrons. The van der Waals surface area contributed by atoms with Gasteiger partial charge in [0.1, 0.15) is 0 Å².